The summed E-state index contributed by atoms with van der Waals surface area (Å²) >= 11 is 7.39. The molecule has 2 heterocycles. The second-order valence-electron chi connectivity index (χ2n) is 3.49. The first kappa shape index (κ1) is 11.2. The number of nitrogen functional groups attached to an aromatic ring is 1. The van der Waals surface area contributed by atoms with E-state index < -0.39 is 0 Å². The van der Waals surface area contributed by atoms with Gasteiger partial charge < -0.3 is 10.3 Å². The highest BCUT2D eigenvalue weighted by Crippen LogP contribution is 2.31. The zero-order valence-electron chi connectivity index (χ0n) is 9.00. The summed E-state index contributed by atoms with van der Waals surface area (Å²) < 4.78 is 5.19. The van der Waals surface area contributed by atoms with Gasteiger partial charge in [0.1, 0.15) is 0 Å². The minimum atomic E-state index is 0.346. The largest absolute Gasteiger partial charge is 0.397 e. The molecule has 0 atom stereocenters. The molecule has 2 aromatic heterocycles. The number of nitrogens with two attached hydrogens (primary N) is 1. The van der Waals surface area contributed by atoms with Crippen LogP contribution in [-0.2, 0) is 0 Å². The number of para-hydroxylation sites is 1. The molecule has 1 aromatic carbocycles. The number of benzene rings is 1. The van der Waals surface area contributed by atoms with Crippen LogP contribution in [0.2, 0.25) is 5.02 Å². The van der Waals surface area contributed by atoms with Crippen LogP contribution in [0.4, 0.5) is 5.69 Å². The van der Waals surface area contributed by atoms with E-state index in [0.29, 0.717) is 28.0 Å². The van der Waals surface area contributed by atoms with Gasteiger partial charge in [0.2, 0.25) is 5.82 Å². The van der Waals surface area contributed by atoms with Gasteiger partial charge in [-0.1, -0.05) is 22.8 Å². The van der Waals surface area contributed by atoms with E-state index in [2.05, 4.69) is 15.1 Å². The van der Waals surface area contributed by atoms with E-state index >= 15 is 0 Å². The van der Waals surface area contributed by atoms with E-state index in [-0.39, 0.29) is 0 Å². The van der Waals surface area contributed by atoms with Crippen LogP contribution in [0.1, 0.15) is 0 Å². The second kappa shape index (κ2) is 4.40. The number of aromatic nitrogens is 3. The van der Waals surface area contributed by atoms with Gasteiger partial charge in [0.15, 0.2) is 0 Å². The van der Waals surface area contributed by atoms with Crippen molar-refractivity contribution in [2.45, 2.75) is 0 Å². The molecule has 0 saturated carbocycles. The highest BCUT2D eigenvalue weighted by molar-refractivity contribution is 7.13. The lowest BCUT2D eigenvalue weighted by atomic mass is 10.2. The standard InChI is InChI=1S/C11H7ClN4OS/c12-7-3-1-2-6(9(7)13)11-15-10(16-17-11)8-4-14-5-18-8/h1-5H,13H2. The molecule has 0 amide bonds. The Morgan fingerprint density at radius 3 is 3.00 bits per heavy atom. The van der Waals surface area contributed by atoms with E-state index in [1.54, 1.807) is 29.9 Å². The Labute approximate surface area is 111 Å². The van der Waals surface area contributed by atoms with Crippen LogP contribution in [0.5, 0.6) is 0 Å². The molecule has 2 N–H and O–H groups in total. The van der Waals surface area contributed by atoms with Gasteiger partial charge in [-0.15, -0.1) is 11.3 Å². The van der Waals surface area contributed by atoms with Gasteiger partial charge in [-0.05, 0) is 12.1 Å². The Kier molecular flexibility index (Phi) is 2.73. The average molecular weight is 279 g/mol. The maximum Gasteiger partial charge on any atom is 0.260 e. The van der Waals surface area contributed by atoms with Crippen molar-refractivity contribution in [3.8, 4) is 22.2 Å². The van der Waals surface area contributed by atoms with Crippen molar-refractivity contribution in [3.63, 3.8) is 0 Å². The normalized spacial score (nSPS) is 10.7. The number of nitrogens with zero attached hydrogens (tertiary/aromatic N) is 3. The SMILES string of the molecule is Nc1c(Cl)cccc1-c1nc(-c2cncs2)no1. The zero-order chi connectivity index (χ0) is 12.5. The molecule has 18 heavy (non-hydrogen) atoms. The molecule has 3 rings (SSSR count). The van der Waals surface area contributed by atoms with Crippen LogP contribution in [0.3, 0.4) is 0 Å². The van der Waals surface area contributed by atoms with E-state index in [9.17, 15) is 0 Å². The first-order chi connectivity index (χ1) is 8.75. The molecule has 0 unspecified atom stereocenters. The third-order valence-corrected chi connectivity index (χ3v) is 3.46. The molecule has 0 fully saturated rings. The molecule has 0 aliphatic rings. The summed E-state index contributed by atoms with van der Waals surface area (Å²) in [6.45, 7) is 0. The van der Waals surface area contributed by atoms with Gasteiger partial charge in [-0.2, -0.15) is 4.98 Å². The number of anilines is 1. The molecule has 0 radical (unpaired) electrons. The van der Waals surface area contributed by atoms with Crippen molar-refractivity contribution in [3.05, 3.63) is 34.9 Å². The summed E-state index contributed by atoms with van der Waals surface area (Å²) in [6.07, 6.45) is 1.68. The molecule has 7 heteroatoms. The summed E-state index contributed by atoms with van der Waals surface area (Å²) in [5, 5.41) is 4.35. The lowest BCUT2D eigenvalue weighted by molar-refractivity contribution is 0.432. The second-order valence-corrected chi connectivity index (χ2v) is 4.78. The fraction of sp³-hybridized carbons (Fsp3) is 0. The summed E-state index contributed by atoms with van der Waals surface area (Å²) in [6, 6.07) is 5.27. The predicted octanol–water partition coefficient (Wildman–Crippen LogP) is 3.10. The van der Waals surface area contributed by atoms with Crippen molar-refractivity contribution >= 4 is 28.6 Å². The van der Waals surface area contributed by atoms with E-state index in [1.807, 2.05) is 0 Å². The third-order valence-electron chi connectivity index (χ3n) is 2.36. The molecule has 0 aliphatic carbocycles. The van der Waals surface area contributed by atoms with Crippen molar-refractivity contribution in [1.82, 2.24) is 15.1 Å². The Bertz CT molecular complexity index is 680. The van der Waals surface area contributed by atoms with E-state index in [1.165, 1.54) is 11.3 Å². The highest BCUT2D eigenvalue weighted by Gasteiger charge is 2.14. The summed E-state index contributed by atoms with van der Waals surface area (Å²) in [5.41, 5.74) is 8.64. The Hall–Kier alpha value is -1.92. The average Bonchev–Trinajstić information content (AvgIpc) is 3.01. The third kappa shape index (κ3) is 1.85. The van der Waals surface area contributed by atoms with Crippen LogP contribution < -0.4 is 5.73 Å². The Morgan fingerprint density at radius 2 is 2.22 bits per heavy atom. The van der Waals surface area contributed by atoms with Crippen LogP contribution in [0.15, 0.2) is 34.4 Å². The van der Waals surface area contributed by atoms with Crippen LogP contribution >= 0.6 is 22.9 Å². The van der Waals surface area contributed by atoms with Crippen LogP contribution in [0, 0.1) is 0 Å². The Balaban J connectivity index is 2.06. The van der Waals surface area contributed by atoms with Gasteiger partial charge in [-0.25, -0.2) is 0 Å². The molecule has 0 bridgehead atoms. The van der Waals surface area contributed by atoms with Crippen molar-refractivity contribution < 1.29 is 4.52 Å². The predicted molar refractivity (Wildman–Crippen MR) is 70.3 cm³/mol. The summed E-state index contributed by atoms with van der Waals surface area (Å²) in [4.78, 5) is 9.08. The molecular weight excluding hydrogens is 272 g/mol. The van der Waals surface area contributed by atoms with Crippen molar-refractivity contribution in [2.24, 2.45) is 0 Å². The molecule has 3 aromatic rings. The summed E-state index contributed by atoms with van der Waals surface area (Å²) in [7, 11) is 0. The fourth-order valence-corrected chi connectivity index (χ4v) is 2.20. The quantitative estimate of drug-likeness (QED) is 0.729. The maximum absolute atomic E-state index is 5.95. The molecular formula is C11H7ClN4OS. The number of hydrogen-bond acceptors (Lipinski definition) is 6. The minimum Gasteiger partial charge on any atom is -0.397 e. The molecule has 5 nitrogen and oxygen atoms in total. The van der Waals surface area contributed by atoms with Gasteiger partial charge in [0, 0.05) is 6.20 Å². The number of thiazole rings is 1. The highest BCUT2D eigenvalue weighted by atomic mass is 35.5. The van der Waals surface area contributed by atoms with Crippen LogP contribution in [0.25, 0.3) is 22.2 Å². The first-order valence-corrected chi connectivity index (χ1v) is 6.28. The topological polar surface area (TPSA) is 77.8 Å². The smallest absolute Gasteiger partial charge is 0.260 e. The lowest BCUT2D eigenvalue weighted by Crippen LogP contribution is -1.91. The van der Waals surface area contributed by atoms with E-state index in [0.717, 1.165) is 4.88 Å². The zero-order valence-corrected chi connectivity index (χ0v) is 10.6. The molecule has 90 valence electrons. The Morgan fingerprint density at radius 1 is 1.33 bits per heavy atom. The van der Waals surface area contributed by atoms with Gasteiger partial charge >= 0.3 is 0 Å². The number of halogens is 1. The minimum absolute atomic E-state index is 0.346. The van der Waals surface area contributed by atoms with Gasteiger partial charge in [0.25, 0.3) is 5.89 Å². The maximum atomic E-state index is 5.95. The fourth-order valence-electron chi connectivity index (χ4n) is 1.48. The monoisotopic (exact) mass is 278 g/mol. The number of rotatable bonds is 2. The molecule has 0 saturated heterocycles. The van der Waals surface area contributed by atoms with Crippen LogP contribution in [-0.4, -0.2) is 15.1 Å². The van der Waals surface area contributed by atoms with Gasteiger partial charge in [0.05, 0.1) is 26.7 Å². The molecule has 0 aliphatic heterocycles. The van der Waals surface area contributed by atoms with Gasteiger partial charge in [-0.3, -0.25) is 4.98 Å². The van der Waals surface area contributed by atoms with Crippen molar-refractivity contribution in [1.29, 1.82) is 0 Å². The first-order valence-electron chi connectivity index (χ1n) is 5.02. The van der Waals surface area contributed by atoms with Crippen molar-refractivity contribution in [2.75, 3.05) is 5.73 Å². The summed E-state index contributed by atoms with van der Waals surface area (Å²) in [5.74, 6) is 0.838. The van der Waals surface area contributed by atoms with E-state index in [4.69, 9.17) is 21.9 Å². The lowest BCUT2D eigenvalue weighted by Gasteiger charge is -2.01. The number of hydrogen-bond donors (Lipinski definition) is 1. The molecule has 0 spiro atoms.